The molecular weight excluding hydrogens is 200 g/mol. The van der Waals surface area contributed by atoms with Gasteiger partial charge in [-0.05, 0) is 53.2 Å². The van der Waals surface area contributed by atoms with Gasteiger partial charge in [0.2, 0.25) is 0 Å². The molecule has 0 heterocycles. The minimum atomic E-state index is 0.337. The molecule has 0 aliphatic rings. The van der Waals surface area contributed by atoms with Crippen molar-refractivity contribution in [1.82, 2.24) is 10.2 Å². The number of nitrogens with one attached hydrogen (secondary N) is 1. The number of hydrogen-bond acceptors (Lipinski definition) is 3. The molecule has 0 aliphatic heterocycles. The second-order valence-electron chi connectivity index (χ2n) is 5.04. The van der Waals surface area contributed by atoms with E-state index in [1.165, 1.54) is 25.8 Å². The topological polar surface area (TPSA) is 24.5 Å². The van der Waals surface area contributed by atoms with E-state index in [-0.39, 0.29) is 0 Å². The molecule has 0 atom stereocenters. The molecule has 16 heavy (non-hydrogen) atoms. The van der Waals surface area contributed by atoms with Gasteiger partial charge < -0.3 is 15.0 Å². The van der Waals surface area contributed by atoms with E-state index in [0.717, 1.165) is 19.7 Å². The summed E-state index contributed by atoms with van der Waals surface area (Å²) in [6.45, 7) is 10.9. The van der Waals surface area contributed by atoms with E-state index in [2.05, 4.69) is 38.0 Å². The number of ether oxygens (including phenoxy) is 1. The first kappa shape index (κ1) is 15.9. The minimum absolute atomic E-state index is 0.337. The molecule has 0 radical (unpaired) electrons. The van der Waals surface area contributed by atoms with Crippen LogP contribution in [0.25, 0.3) is 0 Å². The van der Waals surface area contributed by atoms with Crippen molar-refractivity contribution in [2.45, 2.75) is 45.6 Å². The summed E-state index contributed by atoms with van der Waals surface area (Å²) in [4.78, 5) is 2.46. The molecule has 98 valence electrons. The summed E-state index contributed by atoms with van der Waals surface area (Å²) in [5, 5.41) is 3.37. The smallest absolute Gasteiger partial charge is 0.0587 e. The summed E-state index contributed by atoms with van der Waals surface area (Å²) in [5.41, 5.74) is 0.337. The van der Waals surface area contributed by atoms with E-state index in [9.17, 15) is 0 Å². The highest BCUT2D eigenvalue weighted by molar-refractivity contribution is 4.76. The zero-order valence-corrected chi connectivity index (χ0v) is 11.8. The van der Waals surface area contributed by atoms with Gasteiger partial charge in [-0.25, -0.2) is 0 Å². The van der Waals surface area contributed by atoms with Crippen LogP contribution >= 0.6 is 0 Å². The predicted molar refractivity (Wildman–Crippen MR) is 71.0 cm³/mol. The van der Waals surface area contributed by atoms with Crippen LogP contribution in [0, 0.1) is 0 Å². The Morgan fingerprint density at radius 1 is 1.19 bits per heavy atom. The van der Waals surface area contributed by atoms with Gasteiger partial charge >= 0.3 is 0 Å². The second-order valence-corrected chi connectivity index (χ2v) is 5.04. The quantitative estimate of drug-likeness (QED) is 0.582. The third-order valence-corrected chi connectivity index (χ3v) is 3.48. The number of hydrogen-bond donors (Lipinski definition) is 1. The Morgan fingerprint density at radius 2 is 1.88 bits per heavy atom. The summed E-state index contributed by atoms with van der Waals surface area (Å²) in [7, 11) is 3.96. The van der Waals surface area contributed by atoms with Gasteiger partial charge in [-0.2, -0.15) is 0 Å². The van der Waals surface area contributed by atoms with Crippen LogP contribution in [0.1, 0.15) is 40.0 Å². The lowest BCUT2D eigenvalue weighted by Gasteiger charge is -2.34. The van der Waals surface area contributed by atoms with Crippen molar-refractivity contribution in [1.29, 1.82) is 0 Å². The van der Waals surface area contributed by atoms with E-state index < -0.39 is 0 Å². The van der Waals surface area contributed by atoms with Crippen LogP contribution in [0.2, 0.25) is 0 Å². The summed E-state index contributed by atoms with van der Waals surface area (Å²) in [6.07, 6.45) is 3.71. The summed E-state index contributed by atoms with van der Waals surface area (Å²) in [6, 6.07) is 0. The Hall–Kier alpha value is -0.120. The maximum Gasteiger partial charge on any atom is 0.0587 e. The highest BCUT2D eigenvalue weighted by Gasteiger charge is 2.19. The second kappa shape index (κ2) is 8.97. The first-order chi connectivity index (χ1) is 7.54. The Bertz CT molecular complexity index is 160. The van der Waals surface area contributed by atoms with Crippen LogP contribution in [-0.2, 0) is 4.74 Å². The monoisotopic (exact) mass is 230 g/mol. The molecule has 0 aromatic carbocycles. The SMILES string of the molecule is CCC(C)(C)N(C)CCCCNCCOC. The first-order valence-electron chi connectivity index (χ1n) is 6.45. The average Bonchev–Trinajstić information content (AvgIpc) is 2.27. The predicted octanol–water partition coefficient (Wildman–Crippen LogP) is 2.12. The Morgan fingerprint density at radius 3 is 2.44 bits per heavy atom. The third-order valence-electron chi connectivity index (χ3n) is 3.48. The van der Waals surface area contributed by atoms with Crippen molar-refractivity contribution in [2.75, 3.05) is 40.4 Å². The first-order valence-corrected chi connectivity index (χ1v) is 6.45. The summed E-state index contributed by atoms with van der Waals surface area (Å²) >= 11 is 0. The van der Waals surface area contributed by atoms with Gasteiger partial charge in [-0.3, -0.25) is 0 Å². The van der Waals surface area contributed by atoms with Crippen LogP contribution in [0.3, 0.4) is 0 Å². The van der Waals surface area contributed by atoms with E-state index in [1.807, 2.05) is 0 Å². The van der Waals surface area contributed by atoms with Gasteiger partial charge in [-0.15, -0.1) is 0 Å². The fourth-order valence-corrected chi connectivity index (χ4v) is 1.47. The average molecular weight is 230 g/mol. The minimum Gasteiger partial charge on any atom is -0.383 e. The van der Waals surface area contributed by atoms with Crippen LogP contribution in [0.4, 0.5) is 0 Å². The molecule has 0 fully saturated rings. The molecular formula is C13H30N2O. The zero-order chi connectivity index (χ0) is 12.4. The van der Waals surface area contributed by atoms with Crippen molar-refractivity contribution in [3.8, 4) is 0 Å². The largest absolute Gasteiger partial charge is 0.383 e. The van der Waals surface area contributed by atoms with E-state index in [4.69, 9.17) is 4.74 Å². The Balaban J connectivity index is 3.38. The molecule has 0 amide bonds. The number of unbranched alkanes of at least 4 members (excludes halogenated alkanes) is 1. The van der Waals surface area contributed by atoms with Crippen molar-refractivity contribution < 1.29 is 4.74 Å². The molecule has 0 spiro atoms. The van der Waals surface area contributed by atoms with Crippen molar-refractivity contribution in [2.24, 2.45) is 0 Å². The van der Waals surface area contributed by atoms with Crippen molar-refractivity contribution in [3.63, 3.8) is 0 Å². The maximum absolute atomic E-state index is 4.98. The molecule has 0 saturated heterocycles. The van der Waals surface area contributed by atoms with Gasteiger partial charge in [0.15, 0.2) is 0 Å². The fourth-order valence-electron chi connectivity index (χ4n) is 1.47. The summed E-state index contributed by atoms with van der Waals surface area (Å²) < 4.78 is 4.98. The molecule has 0 saturated carbocycles. The highest BCUT2D eigenvalue weighted by Crippen LogP contribution is 2.16. The lowest BCUT2D eigenvalue weighted by Crippen LogP contribution is -2.41. The molecule has 0 bridgehead atoms. The Labute approximate surface area is 102 Å². The van der Waals surface area contributed by atoms with E-state index >= 15 is 0 Å². The normalized spacial score (nSPS) is 12.4. The fraction of sp³-hybridized carbons (Fsp3) is 1.00. The highest BCUT2D eigenvalue weighted by atomic mass is 16.5. The number of methoxy groups -OCH3 is 1. The number of nitrogens with zero attached hydrogens (tertiary/aromatic N) is 1. The molecule has 0 aromatic rings. The summed E-state index contributed by atoms with van der Waals surface area (Å²) in [5.74, 6) is 0. The molecule has 0 unspecified atom stereocenters. The Kier molecular flexibility index (Phi) is 8.90. The molecule has 0 rings (SSSR count). The zero-order valence-electron chi connectivity index (χ0n) is 11.8. The van der Waals surface area contributed by atoms with Gasteiger partial charge in [0.05, 0.1) is 6.61 Å². The van der Waals surface area contributed by atoms with E-state index in [0.29, 0.717) is 5.54 Å². The molecule has 0 aromatic heterocycles. The third kappa shape index (κ3) is 7.20. The standard InChI is InChI=1S/C13H30N2O/c1-6-13(2,3)15(4)11-8-7-9-14-10-12-16-5/h14H,6-12H2,1-5H3. The number of rotatable bonds is 10. The van der Waals surface area contributed by atoms with Crippen LogP contribution in [0.15, 0.2) is 0 Å². The van der Waals surface area contributed by atoms with Crippen LogP contribution in [0.5, 0.6) is 0 Å². The lowest BCUT2D eigenvalue weighted by atomic mass is 10.00. The van der Waals surface area contributed by atoms with Gasteiger partial charge in [0.1, 0.15) is 0 Å². The molecule has 1 N–H and O–H groups in total. The molecule has 3 nitrogen and oxygen atoms in total. The molecule has 0 aliphatic carbocycles. The lowest BCUT2D eigenvalue weighted by molar-refractivity contribution is 0.148. The molecule has 3 heteroatoms. The van der Waals surface area contributed by atoms with Crippen molar-refractivity contribution in [3.05, 3.63) is 0 Å². The van der Waals surface area contributed by atoms with Gasteiger partial charge in [0.25, 0.3) is 0 Å². The van der Waals surface area contributed by atoms with E-state index in [1.54, 1.807) is 7.11 Å². The van der Waals surface area contributed by atoms with Gasteiger partial charge in [-0.1, -0.05) is 6.92 Å². The van der Waals surface area contributed by atoms with Crippen molar-refractivity contribution >= 4 is 0 Å². The van der Waals surface area contributed by atoms with Crippen LogP contribution < -0.4 is 5.32 Å². The van der Waals surface area contributed by atoms with Crippen LogP contribution in [-0.4, -0.2) is 50.8 Å². The maximum atomic E-state index is 4.98. The van der Waals surface area contributed by atoms with Gasteiger partial charge in [0, 0.05) is 19.2 Å².